The monoisotopic (exact) mass is 362 g/mol. The van der Waals surface area contributed by atoms with Crippen LogP contribution >= 0.6 is 11.3 Å². The van der Waals surface area contributed by atoms with Gasteiger partial charge in [0.15, 0.2) is 5.13 Å². The van der Waals surface area contributed by atoms with Crippen LogP contribution in [0.4, 0.5) is 5.13 Å². The van der Waals surface area contributed by atoms with Gasteiger partial charge in [-0.15, -0.1) is 0 Å². The molecule has 0 atom stereocenters. The minimum Gasteiger partial charge on any atom is -0.493 e. The minimum absolute atomic E-state index is 0.196. The maximum Gasteiger partial charge on any atom is 0.350 e. The molecule has 2 rings (SSSR count). The van der Waals surface area contributed by atoms with Crippen LogP contribution in [0.25, 0.3) is 0 Å². The molecule has 6 nitrogen and oxygen atoms in total. The maximum atomic E-state index is 12.0. The molecule has 134 valence electrons. The van der Waals surface area contributed by atoms with Crippen LogP contribution in [-0.2, 0) is 9.53 Å². The zero-order valence-corrected chi connectivity index (χ0v) is 15.7. The van der Waals surface area contributed by atoms with E-state index in [0.717, 1.165) is 28.2 Å². The molecule has 0 spiro atoms. The van der Waals surface area contributed by atoms with Crippen LogP contribution in [0.15, 0.2) is 18.2 Å². The standard InChI is InChI=1S/C18H22N2O4S/c1-5-23-17(22)16-13(4)19-18(25-16)20-14(21)9-10-24-15-11(2)7-6-8-12(15)3/h6-8H,5,9-10H2,1-4H3,(H,19,20,21). The van der Waals surface area contributed by atoms with Crippen molar-refractivity contribution in [1.82, 2.24) is 4.98 Å². The van der Waals surface area contributed by atoms with E-state index < -0.39 is 5.97 Å². The van der Waals surface area contributed by atoms with Gasteiger partial charge in [-0.2, -0.15) is 0 Å². The van der Waals surface area contributed by atoms with Crippen LogP contribution in [0.5, 0.6) is 5.75 Å². The van der Waals surface area contributed by atoms with E-state index in [1.807, 2.05) is 32.0 Å². The molecule has 0 unspecified atom stereocenters. The number of aromatic nitrogens is 1. The molecule has 25 heavy (non-hydrogen) atoms. The van der Waals surface area contributed by atoms with Crippen LogP contribution < -0.4 is 10.1 Å². The largest absolute Gasteiger partial charge is 0.493 e. The second kappa shape index (κ2) is 8.62. The average molecular weight is 362 g/mol. The van der Waals surface area contributed by atoms with Crippen molar-refractivity contribution in [2.24, 2.45) is 0 Å². The van der Waals surface area contributed by atoms with Gasteiger partial charge in [-0.3, -0.25) is 4.79 Å². The lowest BCUT2D eigenvalue weighted by atomic mass is 10.1. The van der Waals surface area contributed by atoms with Crippen LogP contribution in [0.3, 0.4) is 0 Å². The molecule has 0 saturated heterocycles. The number of para-hydroxylation sites is 1. The summed E-state index contributed by atoms with van der Waals surface area (Å²) in [5.41, 5.74) is 2.62. The second-order valence-corrected chi connectivity index (χ2v) is 6.52. The molecule has 0 aliphatic carbocycles. The van der Waals surface area contributed by atoms with E-state index in [4.69, 9.17) is 9.47 Å². The zero-order valence-electron chi connectivity index (χ0n) is 14.8. The van der Waals surface area contributed by atoms with E-state index in [0.29, 0.717) is 22.3 Å². The first-order valence-corrected chi connectivity index (χ1v) is 8.87. The predicted octanol–water partition coefficient (Wildman–Crippen LogP) is 3.65. The smallest absolute Gasteiger partial charge is 0.350 e. The maximum absolute atomic E-state index is 12.0. The van der Waals surface area contributed by atoms with Crippen LogP contribution in [0.2, 0.25) is 0 Å². The Bertz CT molecular complexity index is 750. The number of hydrogen-bond donors (Lipinski definition) is 1. The highest BCUT2D eigenvalue weighted by Crippen LogP contribution is 2.24. The molecule has 0 bridgehead atoms. The third-order valence-corrected chi connectivity index (χ3v) is 4.54. The Kier molecular flexibility index (Phi) is 6.52. The van der Waals surface area contributed by atoms with Crippen LogP contribution in [0.1, 0.15) is 39.8 Å². The molecule has 1 N–H and O–H groups in total. The molecule has 2 aromatic rings. The fourth-order valence-corrected chi connectivity index (χ4v) is 3.17. The Morgan fingerprint density at radius 2 is 1.88 bits per heavy atom. The van der Waals surface area contributed by atoms with Crippen molar-refractivity contribution in [1.29, 1.82) is 0 Å². The quantitative estimate of drug-likeness (QED) is 0.761. The minimum atomic E-state index is -0.420. The lowest BCUT2D eigenvalue weighted by molar-refractivity contribution is -0.116. The average Bonchev–Trinajstić information content (AvgIpc) is 2.91. The normalized spacial score (nSPS) is 10.4. The summed E-state index contributed by atoms with van der Waals surface area (Å²) in [4.78, 5) is 28.4. The van der Waals surface area contributed by atoms with Crippen molar-refractivity contribution in [3.05, 3.63) is 39.9 Å². The van der Waals surface area contributed by atoms with Crippen LogP contribution in [0, 0.1) is 20.8 Å². The number of carbonyl (C=O) groups excluding carboxylic acids is 2. The number of esters is 1. The molecule has 1 aromatic heterocycles. The summed E-state index contributed by atoms with van der Waals surface area (Å²) in [5.74, 6) is 0.178. The van der Waals surface area contributed by atoms with Gasteiger partial charge in [0.05, 0.1) is 25.3 Å². The van der Waals surface area contributed by atoms with Gasteiger partial charge in [-0.05, 0) is 38.8 Å². The highest BCUT2D eigenvalue weighted by molar-refractivity contribution is 7.17. The van der Waals surface area contributed by atoms with Crippen molar-refractivity contribution in [3.8, 4) is 5.75 Å². The highest BCUT2D eigenvalue weighted by atomic mass is 32.1. The Balaban J connectivity index is 1.88. The van der Waals surface area contributed by atoms with E-state index in [1.165, 1.54) is 0 Å². The number of aryl methyl sites for hydroxylation is 3. The number of nitrogens with zero attached hydrogens (tertiary/aromatic N) is 1. The van der Waals surface area contributed by atoms with Gasteiger partial charge < -0.3 is 14.8 Å². The Morgan fingerprint density at radius 1 is 1.20 bits per heavy atom. The van der Waals surface area contributed by atoms with Crippen molar-refractivity contribution >= 4 is 28.3 Å². The van der Waals surface area contributed by atoms with Crippen LogP contribution in [-0.4, -0.2) is 30.1 Å². The first-order chi connectivity index (χ1) is 11.9. The van der Waals surface area contributed by atoms with E-state index >= 15 is 0 Å². The van der Waals surface area contributed by atoms with Crippen molar-refractivity contribution in [3.63, 3.8) is 0 Å². The summed E-state index contributed by atoms with van der Waals surface area (Å²) in [6, 6.07) is 5.91. The lowest BCUT2D eigenvalue weighted by Gasteiger charge is -2.11. The molecule has 0 fully saturated rings. The number of hydrogen-bond acceptors (Lipinski definition) is 6. The second-order valence-electron chi connectivity index (χ2n) is 5.52. The van der Waals surface area contributed by atoms with E-state index in [9.17, 15) is 9.59 Å². The molecule has 7 heteroatoms. The summed E-state index contributed by atoms with van der Waals surface area (Å²) in [5, 5.41) is 3.08. The van der Waals surface area contributed by atoms with Crippen molar-refractivity contribution in [2.45, 2.75) is 34.1 Å². The summed E-state index contributed by atoms with van der Waals surface area (Å²) in [7, 11) is 0. The number of amides is 1. The first kappa shape index (κ1) is 18.9. The van der Waals surface area contributed by atoms with Gasteiger partial charge in [0.1, 0.15) is 10.6 Å². The summed E-state index contributed by atoms with van der Waals surface area (Å²) in [6.07, 6.45) is 0.196. The molecule has 0 aliphatic rings. The Hall–Kier alpha value is -2.41. The number of thiazole rings is 1. The molecule has 0 radical (unpaired) electrons. The topological polar surface area (TPSA) is 77.5 Å². The van der Waals surface area contributed by atoms with Gasteiger partial charge in [0, 0.05) is 0 Å². The third-order valence-electron chi connectivity index (χ3n) is 3.49. The number of benzene rings is 1. The number of anilines is 1. The molecular formula is C18H22N2O4S. The van der Waals surface area contributed by atoms with Crippen molar-refractivity contribution < 1.29 is 19.1 Å². The van der Waals surface area contributed by atoms with Gasteiger partial charge in [0.25, 0.3) is 0 Å². The fraction of sp³-hybridized carbons (Fsp3) is 0.389. The van der Waals surface area contributed by atoms with E-state index in [1.54, 1.807) is 13.8 Å². The highest BCUT2D eigenvalue weighted by Gasteiger charge is 2.17. The molecule has 1 amide bonds. The predicted molar refractivity (Wildman–Crippen MR) is 97.5 cm³/mol. The summed E-state index contributed by atoms with van der Waals surface area (Å²) in [6.45, 7) is 7.96. The van der Waals surface area contributed by atoms with Gasteiger partial charge in [-0.25, -0.2) is 9.78 Å². The molecule has 0 aliphatic heterocycles. The third kappa shape index (κ3) is 5.03. The lowest BCUT2D eigenvalue weighted by Crippen LogP contribution is -2.15. The summed E-state index contributed by atoms with van der Waals surface area (Å²) < 4.78 is 10.7. The first-order valence-electron chi connectivity index (χ1n) is 8.05. The van der Waals surface area contributed by atoms with E-state index in [-0.39, 0.29) is 18.9 Å². The number of rotatable bonds is 7. The molecule has 1 aromatic carbocycles. The zero-order chi connectivity index (χ0) is 18.4. The SMILES string of the molecule is CCOC(=O)c1sc(NC(=O)CCOc2c(C)cccc2C)nc1C. The van der Waals surface area contributed by atoms with Gasteiger partial charge in [-0.1, -0.05) is 29.5 Å². The number of nitrogens with one attached hydrogen (secondary N) is 1. The fourth-order valence-electron chi connectivity index (χ4n) is 2.29. The molecule has 0 saturated carbocycles. The molecular weight excluding hydrogens is 340 g/mol. The Labute approximate surface area is 151 Å². The van der Waals surface area contributed by atoms with E-state index in [2.05, 4.69) is 10.3 Å². The number of ether oxygens (including phenoxy) is 2. The Morgan fingerprint density at radius 3 is 2.52 bits per heavy atom. The summed E-state index contributed by atoms with van der Waals surface area (Å²) >= 11 is 1.11. The van der Waals surface area contributed by atoms with Gasteiger partial charge in [0.2, 0.25) is 5.91 Å². The van der Waals surface area contributed by atoms with Gasteiger partial charge >= 0.3 is 5.97 Å². The van der Waals surface area contributed by atoms with Crippen molar-refractivity contribution in [2.75, 3.05) is 18.5 Å². The number of carbonyl (C=O) groups is 2. The molecule has 1 heterocycles.